The zero-order valence-electron chi connectivity index (χ0n) is 54.0. The number of esters is 1. The Bertz CT molecular complexity index is 2700. The molecule has 16 N–H and O–H groups in total. The Balaban J connectivity index is 0.760. The molecule has 31 nitrogen and oxygen atoms in total. The van der Waals surface area contributed by atoms with Crippen LogP contribution in [0, 0.1) is 39.4 Å². The van der Waals surface area contributed by atoms with Crippen LogP contribution in [0.2, 0.25) is 0 Å². The molecule has 0 aromatic heterocycles. The highest BCUT2D eigenvalue weighted by molar-refractivity contribution is 5.74. The summed E-state index contributed by atoms with van der Waals surface area (Å²) >= 11 is 0. The maximum atomic E-state index is 12.8. The van der Waals surface area contributed by atoms with E-state index in [9.17, 15) is 86.5 Å². The Morgan fingerprint density at radius 3 is 1.69 bits per heavy atom. The summed E-state index contributed by atoms with van der Waals surface area (Å²) in [6.07, 6.45) is -41.9. The molecule has 8 heterocycles. The highest BCUT2D eigenvalue weighted by Gasteiger charge is 2.75. The normalized spacial score (nSPS) is 56.1. The Morgan fingerprint density at radius 2 is 1.05 bits per heavy atom. The van der Waals surface area contributed by atoms with Gasteiger partial charge in [0.25, 0.3) is 0 Å². The first-order valence-corrected chi connectivity index (χ1v) is 33.4. The summed E-state index contributed by atoms with van der Waals surface area (Å²) in [5.74, 6) is -1.32. The van der Waals surface area contributed by atoms with Crippen LogP contribution in [0.3, 0.4) is 0 Å². The number of rotatable bonds is 16. The first-order chi connectivity index (χ1) is 44.3. The lowest BCUT2D eigenvalue weighted by Crippen LogP contribution is -2.68. The summed E-state index contributed by atoms with van der Waals surface area (Å²) in [7, 11) is 0. The highest BCUT2D eigenvalue weighted by atomic mass is 16.8. The number of aliphatic hydroxyl groups excluding tert-OH is 16. The molecule has 0 radical (unpaired) electrons. The Kier molecular flexibility index (Phi) is 20.5. The van der Waals surface area contributed by atoms with Gasteiger partial charge < -0.3 is 148 Å². The van der Waals surface area contributed by atoms with Gasteiger partial charge in [0.15, 0.2) is 37.7 Å². The highest BCUT2D eigenvalue weighted by Crippen LogP contribution is 2.76. The number of hydrogen-bond donors (Lipinski definition) is 16. The van der Waals surface area contributed by atoms with Crippen molar-refractivity contribution in [2.45, 2.75) is 296 Å². The standard InChI is InChI=1S/C63H100O31/c1-24-16-62(93-51(24)80)17-25(2)63(94-62)15-14-60(6)28-8-9-34-58(4,27(28)10-13-61(60,63)7)12-11-35(59(34,5)23-66)88-53-46(79)43(76)40(73)33(87-53)22-83-55-48(37(70)29(67)20-81-55)91-57-50(92-52-45(78)42(75)36(69)26(3)84-52)47(41(74)32(19-65)86-57)89-56-49(38(71)30(68)21-82-56)90-54-44(77)39(72)31(18-64)85-54/h24-26,29-50,52-57,64-79H,8-23H2,1-7H3/t24-,25-,26+,29-,30+,31+,32-,33-,34-,35+,36+,37+,38+,39+,40-,41-,42-,43+,44-,45-,46-,47+,48+,49-,50-,52+,53+,54+,55-,56+,57+,58-,59-,60+,61+,62+,63+/m1/s1. The van der Waals surface area contributed by atoms with E-state index in [2.05, 4.69) is 27.7 Å². The second-order valence-electron chi connectivity index (χ2n) is 29.9. The summed E-state index contributed by atoms with van der Waals surface area (Å²) in [4.78, 5) is 12.8. The molecule has 31 heteroatoms. The SMILES string of the molecule is C[C@@H]1C[C@]2(C[C@@H](C)[C@]3(CC[C@@]4(C)C5=C(CC[C@@]43C)[C@@]3(C)CC[C@H](O[C@@H]4O[C@H](CO[C@H]6OC[C@@H](O)[C@H](O)[C@@H]6O[C@@H]6O[C@H](CO)[C@@H](O)[C@H](O[C@@H]7OC[C@H](O)[C@H](O)[C@H]7O[C@@H]7O[C@@H](CO)[C@H](O)[C@H]7O)[C@H]6O[C@@H]6O[C@@H](C)[C@H](O)[C@@H](O)[C@H]6O)[C@@H](O)[C@H](O)[C@H]4O)[C@](C)(CO)[C@@H]3CC5)O2)OC1=O. The van der Waals surface area contributed by atoms with Gasteiger partial charge in [0, 0.05) is 23.7 Å². The summed E-state index contributed by atoms with van der Waals surface area (Å²) < 4.78 is 85.9. The van der Waals surface area contributed by atoms with Crippen molar-refractivity contribution in [2.75, 3.05) is 39.6 Å². The summed E-state index contributed by atoms with van der Waals surface area (Å²) in [5.41, 5.74) is 0.604. The van der Waals surface area contributed by atoms with Crippen molar-refractivity contribution in [3.8, 4) is 0 Å². The van der Waals surface area contributed by atoms with E-state index in [-0.39, 0.29) is 46.6 Å². The van der Waals surface area contributed by atoms with Crippen molar-refractivity contribution in [1.82, 2.24) is 0 Å². The fourth-order valence-electron chi connectivity index (χ4n) is 18.9. The van der Waals surface area contributed by atoms with E-state index in [1.807, 2.05) is 13.8 Å². The van der Waals surface area contributed by atoms with Crippen LogP contribution < -0.4 is 0 Å². The molecule has 37 atom stereocenters. The van der Waals surface area contributed by atoms with E-state index in [4.69, 9.17) is 66.3 Å². The van der Waals surface area contributed by atoms with Crippen molar-refractivity contribution in [2.24, 2.45) is 39.4 Å². The summed E-state index contributed by atoms with van der Waals surface area (Å²) in [6.45, 7) is 10.5. The molecule has 0 unspecified atom stereocenters. The molecule has 8 saturated heterocycles. The number of ether oxygens (including phenoxy) is 14. The van der Waals surface area contributed by atoms with E-state index >= 15 is 0 Å². The minimum absolute atomic E-state index is 0.107. The van der Waals surface area contributed by atoms with Gasteiger partial charge in [-0.25, -0.2) is 0 Å². The molecule has 0 aromatic rings. The Morgan fingerprint density at radius 1 is 0.500 bits per heavy atom. The van der Waals surface area contributed by atoms with Crippen LogP contribution in [-0.4, -0.2) is 311 Å². The molecule has 8 aliphatic heterocycles. The second kappa shape index (κ2) is 26.8. The van der Waals surface area contributed by atoms with Crippen molar-refractivity contribution >= 4 is 5.97 Å². The molecular formula is C63H100O31. The lowest BCUT2D eigenvalue weighted by Gasteiger charge is -2.63. The molecule has 4 aliphatic carbocycles. The van der Waals surface area contributed by atoms with Crippen LogP contribution >= 0.6 is 0 Å². The van der Waals surface area contributed by atoms with Gasteiger partial charge in [-0.1, -0.05) is 52.7 Å². The van der Waals surface area contributed by atoms with Gasteiger partial charge in [-0.05, 0) is 81.0 Å². The van der Waals surface area contributed by atoms with Crippen molar-refractivity contribution in [3.05, 3.63) is 11.1 Å². The zero-order valence-corrected chi connectivity index (χ0v) is 54.0. The number of hydrogen-bond acceptors (Lipinski definition) is 31. The lowest BCUT2D eigenvalue weighted by molar-refractivity contribution is -0.407. The van der Waals surface area contributed by atoms with Gasteiger partial charge in [-0.3, -0.25) is 4.79 Å². The number of aliphatic hydroxyl groups is 16. The van der Waals surface area contributed by atoms with Crippen molar-refractivity contribution < 1.29 is 153 Å². The molecule has 10 fully saturated rings. The molecule has 2 spiro atoms. The molecule has 538 valence electrons. The first kappa shape index (κ1) is 71.9. The average molecular weight is 1350 g/mol. The molecule has 0 bridgehead atoms. The molecule has 2 saturated carbocycles. The first-order valence-electron chi connectivity index (χ1n) is 33.4. The minimum atomic E-state index is -2.06. The van der Waals surface area contributed by atoms with Crippen LogP contribution in [0.15, 0.2) is 11.1 Å². The maximum absolute atomic E-state index is 12.8. The smallest absolute Gasteiger partial charge is 0.311 e. The fourth-order valence-corrected chi connectivity index (χ4v) is 18.9. The summed E-state index contributed by atoms with van der Waals surface area (Å²) in [5, 5.41) is 177. The van der Waals surface area contributed by atoms with E-state index in [0.29, 0.717) is 25.7 Å². The lowest BCUT2D eigenvalue weighted by atomic mass is 9.42. The van der Waals surface area contributed by atoms with Crippen LogP contribution in [0.1, 0.15) is 113 Å². The maximum Gasteiger partial charge on any atom is 0.311 e. The molecule has 94 heavy (non-hydrogen) atoms. The van der Waals surface area contributed by atoms with Crippen LogP contribution in [-0.2, 0) is 71.1 Å². The van der Waals surface area contributed by atoms with Gasteiger partial charge in [-0.2, -0.15) is 0 Å². The Hall–Kier alpha value is -1.95. The van der Waals surface area contributed by atoms with Gasteiger partial charge >= 0.3 is 5.97 Å². The zero-order chi connectivity index (χ0) is 67.8. The van der Waals surface area contributed by atoms with E-state index < -0.39 is 222 Å². The van der Waals surface area contributed by atoms with Crippen LogP contribution in [0.4, 0.5) is 0 Å². The average Bonchev–Trinajstić information content (AvgIpc) is 1.40. The number of carbonyl (C=O) groups is 1. The molecular weight excluding hydrogens is 1250 g/mol. The van der Waals surface area contributed by atoms with E-state index in [1.54, 1.807) is 0 Å². The van der Waals surface area contributed by atoms with Crippen molar-refractivity contribution in [1.29, 1.82) is 0 Å². The predicted molar refractivity (Wildman–Crippen MR) is 310 cm³/mol. The fraction of sp³-hybridized carbons (Fsp3) is 0.952. The van der Waals surface area contributed by atoms with Crippen LogP contribution in [0.5, 0.6) is 0 Å². The topological polar surface area (TPSA) is 470 Å². The Labute approximate surface area is 543 Å². The molecule has 12 aliphatic rings. The predicted octanol–water partition coefficient (Wildman–Crippen LogP) is -4.58. The quantitative estimate of drug-likeness (QED) is 0.0511. The van der Waals surface area contributed by atoms with Gasteiger partial charge in [0.05, 0.1) is 63.4 Å². The third-order valence-electron chi connectivity index (χ3n) is 24.6. The second-order valence-corrected chi connectivity index (χ2v) is 29.9. The van der Waals surface area contributed by atoms with E-state index in [1.165, 1.54) is 18.1 Å². The van der Waals surface area contributed by atoms with Gasteiger partial charge in [0.2, 0.25) is 5.79 Å². The largest absolute Gasteiger partial charge is 0.433 e. The van der Waals surface area contributed by atoms with E-state index in [0.717, 1.165) is 38.5 Å². The van der Waals surface area contributed by atoms with Crippen molar-refractivity contribution in [3.63, 3.8) is 0 Å². The third kappa shape index (κ3) is 11.7. The molecule has 0 aromatic carbocycles. The molecule has 0 amide bonds. The number of carbonyl (C=O) groups excluding carboxylic acids is 1. The van der Waals surface area contributed by atoms with Gasteiger partial charge in [0.1, 0.15) is 122 Å². The minimum Gasteiger partial charge on any atom is -0.433 e. The summed E-state index contributed by atoms with van der Waals surface area (Å²) in [6, 6.07) is 0. The number of fused-ring (bicyclic) bond motifs is 5. The number of allylic oxidation sites excluding steroid dienone is 2. The van der Waals surface area contributed by atoms with Gasteiger partial charge in [-0.15, -0.1) is 0 Å². The monoisotopic (exact) mass is 1350 g/mol. The van der Waals surface area contributed by atoms with Crippen LogP contribution in [0.25, 0.3) is 0 Å². The molecule has 12 rings (SSSR count). The third-order valence-corrected chi connectivity index (χ3v) is 24.6.